The number of fused-ring (bicyclic) bond motifs is 1. The number of nitrogens with zero attached hydrogens (tertiary/aromatic N) is 4. The first kappa shape index (κ1) is 23.4. The fourth-order valence-corrected chi connectivity index (χ4v) is 4.40. The van der Waals surface area contributed by atoms with Gasteiger partial charge in [-0.25, -0.2) is 17.8 Å². The Balaban J connectivity index is 1.87. The molecule has 4 aromatic rings. The number of imidazole rings is 1. The number of anilines is 1. The molecular formula is C20H17F4N5O4S. The molecule has 0 aliphatic rings. The molecule has 0 saturated heterocycles. The van der Waals surface area contributed by atoms with Crippen molar-refractivity contribution in [2.24, 2.45) is 7.05 Å². The number of sulfonamides is 1. The van der Waals surface area contributed by atoms with Crippen molar-refractivity contribution in [1.82, 2.24) is 19.2 Å². The standard InChI is InChI=1S/C20H17F4N5O4S/c1-28-9-12(7-26-28)34(30,31)27-15-5-11(4-14(21)19(15)33-3)16-8-25-18-6-17(32-2)13(10-29(16)18)20(22,23)24/h4-10,27H,1-3H3. The molecule has 1 N–H and O–H groups in total. The first-order valence-corrected chi connectivity index (χ1v) is 10.9. The zero-order valence-corrected chi connectivity index (χ0v) is 18.7. The number of pyridine rings is 1. The van der Waals surface area contributed by atoms with Crippen LogP contribution in [0.15, 0.2) is 47.9 Å². The maximum absolute atomic E-state index is 14.9. The first-order chi connectivity index (χ1) is 15.9. The zero-order valence-electron chi connectivity index (χ0n) is 17.9. The third-order valence-corrected chi connectivity index (χ3v) is 6.23. The highest BCUT2D eigenvalue weighted by atomic mass is 32.2. The first-order valence-electron chi connectivity index (χ1n) is 9.46. The number of benzene rings is 1. The lowest BCUT2D eigenvalue weighted by molar-refractivity contribution is -0.139. The van der Waals surface area contributed by atoms with Crippen molar-refractivity contribution in [2.45, 2.75) is 11.1 Å². The molecule has 0 aliphatic carbocycles. The fourth-order valence-electron chi connectivity index (χ4n) is 3.37. The topological polar surface area (TPSA) is 99.8 Å². The Kier molecular flexibility index (Phi) is 5.63. The Hall–Kier alpha value is -3.81. The molecule has 3 aromatic heterocycles. The molecule has 0 saturated carbocycles. The van der Waals surface area contributed by atoms with E-state index in [9.17, 15) is 26.0 Å². The van der Waals surface area contributed by atoms with Crippen molar-refractivity contribution in [3.63, 3.8) is 0 Å². The monoisotopic (exact) mass is 499 g/mol. The number of rotatable bonds is 6. The van der Waals surface area contributed by atoms with E-state index in [0.29, 0.717) is 0 Å². The summed E-state index contributed by atoms with van der Waals surface area (Å²) in [6.07, 6.45) is -0.373. The van der Waals surface area contributed by atoms with Crippen LogP contribution in [0.4, 0.5) is 23.2 Å². The summed E-state index contributed by atoms with van der Waals surface area (Å²) in [5.74, 6) is -1.77. The second-order valence-corrected chi connectivity index (χ2v) is 8.80. The van der Waals surface area contributed by atoms with Crippen LogP contribution in [0.5, 0.6) is 11.5 Å². The number of nitrogens with one attached hydrogen (secondary N) is 1. The normalized spacial score (nSPS) is 12.2. The van der Waals surface area contributed by atoms with Gasteiger partial charge in [-0.1, -0.05) is 0 Å². The molecule has 0 amide bonds. The van der Waals surface area contributed by atoms with Gasteiger partial charge in [-0.2, -0.15) is 18.3 Å². The van der Waals surface area contributed by atoms with Gasteiger partial charge in [-0.05, 0) is 12.1 Å². The molecule has 0 aliphatic heterocycles. The summed E-state index contributed by atoms with van der Waals surface area (Å²) in [5.41, 5.74) is -1.10. The van der Waals surface area contributed by atoms with Crippen LogP contribution < -0.4 is 14.2 Å². The number of methoxy groups -OCH3 is 2. The summed E-state index contributed by atoms with van der Waals surface area (Å²) in [5, 5.41) is 3.80. The van der Waals surface area contributed by atoms with Gasteiger partial charge in [0.1, 0.15) is 21.9 Å². The lowest BCUT2D eigenvalue weighted by Gasteiger charge is -2.15. The van der Waals surface area contributed by atoms with Gasteiger partial charge in [-0.3, -0.25) is 13.8 Å². The van der Waals surface area contributed by atoms with E-state index < -0.39 is 39.1 Å². The molecule has 0 atom stereocenters. The van der Waals surface area contributed by atoms with Gasteiger partial charge in [0.05, 0.1) is 38.0 Å². The minimum Gasteiger partial charge on any atom is -0.496 e. The summed E-state index contributed by atoms with van der Waals surface area (Å²) in [6.45, 7) is 0. The van der Waals surface area contributed by atoms with Crippen LogP contribution in [0.3, 0.4) is 0 Å². The predicted molar refractivity (Wildman–Crippen MR) is 113 cm³/mol. The van der Waals surface area contributed by atoms with Crippen molar-refractivity contribution in [3.05, 3.63) is 54.4 Å². The van der Waals surface area contributed by atoms with E-state index in [-0.39, 0.29) is 27.5 Å². The Bertz CT molecular complexity index is 1490. The molecule has 0 bridgehead atoms. The average Bonchev–Trinajstić information content (AvgIpc) is 3.38. The molecule has 4 rings (SSSR count). The maximum Gasteiger partial charge on any atom is 0.421 e. The molecule has 3 heterocycles. The highest BCUT2D eigenvalue weighted by Gasteiger charge is 2.35. The van der Waals surface area contributed by atoms with E-state index in [4.69, 9.17) is 9.47 Å². The molecule has 0 unspecified atom stereocenters. The van der Waals surface area contributed by atoms with Crippen molar-refractivity contribution in [3.8, 4) is 22.8 Å². The van der Waals surface area contributed by atoms with Crippen molar-refractivity contribution in [2.75, 3.05) is 18.9 Å². The van der Waals surface area contributed by atoms with Crippen LogP contribution in [0, 0.1) is 5.82 Å². The highest BCUT2D eigenvalue weighted by Crippen LogP contribution is 2.39. The van der Waals surface area contributed by atoms with E-state index in [1.54, 1.807) is 0 Å². The molecule has 14 heteroatoms. The summed E-state index contributed by atoms with van der Waals surface area (Å²) >= 11 is 0. The number of aromatic nitrogens is 4. The average molecular weight is 499 g/mol. The van der Waals surface area contributed by atoms with Gasteiger partial charge in [0, 0.05) is 31.1 Å². The third-order valence-electron chi connectivity index (χ3n) is 4.91. The van der Waals surface area contributed by atoms with Crippen LogP contribution >= 0.6 is 0 Å². The second kappa shape index (κ2) is 8.20. The van der Waals surface area contributed by atoms with Gasteiger partial charge in [0.15, 0.2) is 11.6 Å². The van der Waals surface area contributed by atoms with Crippen LogP contribution in [-0.4, -0.2) is 41.8 Å². The molecule has 9 nitrogen and oxygen atoms in total. The van der Waals surface area contributed by atoms with Crippen molar-refractivity contribution < 1.29 is 35.5 Å². The fraction of sp³-hybridized carbons (Fsp3) is 0.200. The minimum atomic E-state index is -4.73. The van der Waals surface area contributed by atoms with E-state index in [1.807, 2.05) is 0 Å². The quantitative estimate of drug-likeness (QED) is 0.406. The molecule has 34 heavy (non-hydrogen) atoms. The summed E-state index contributed by atoms with van der Waals surface area (Å²) < 4.78 is 95.3. The molecular weight excluding hydrogens is 482 g/mol. The van der Waals surface area contributed by atoms with Crippen molar-refractivity contribution in [1.29, 1.82) is 0 Å². The van der Waals surface area contributed by atoms with E-state index in [1.165, 1.54) is 30.2 Å². The largest absolute Gasteiger partial charge is 0.496 e. The number of halogens is 4. The van der Waals surface area contributed by atoms with Gasteiger partial charge >= 0.3 is 6.18 Å². The Morgan fingerprint density at radius 1 is 1.06 bits per heavy atom. The maximum atomic E-state index is 14.9. The Labute approximate surface area is 190 Å². The number of ether oxygens (including phenoxy) is 2. The molecule has 180 valence electrons. The Morgan fingerprint density at radius 3 is 2.38 bits per heavy atom. The number of hydrogen-bond acceptors (Lipinski definition) is 6. The van der Waals surface area contributed by atoms with E-state index in [2.05, 4.69) is 14.8 Å². The van der Waals surface area contributed by atoms with Crippen LogP contribution in [0.2, 0.25) is 0 Å². The van der Waals surface area contributed by atoms with Crippen LogP contribution in [0.1, 0.15) is 5.56 Å². The molecule has 0 fully saturated rings. The van der Waals surface area contributed by atoms with Crippen LogP contribution in [-0.2, 0) is 23.2 Å². The van der Waals surface area contributed by atoms with Crippen LogP contribution in [0.25, 0.3) is 16.9 Å². The van der Waals surface area contributed by atoms with Crippen molar-refractivity contribution >= 4 is 21.4 Å². The number of aryl methyl sites for hydroxylation is 1. The second-order valence-electron chi connectivity index (χ2n) is 7.12. The highest BCUT2D eigenvalue weighted by molar-refractivity contribution is 7.92. The van der Waals surface area contributed by atoms with Gasteiger partial charge in [0.2, 0.25) is 0 Å². The SMILES string of the molecule is COc1cc2ncc(-c3cc(F)c(OC)c(NS(=O)(=O)c4cnn(C)c4)c3)n2cc1C(F)(F)F. The van der Waals surface area contributed by atoms with Gasteiger partial charge < -0.3 is 9.47 Å². The smallest absolute Gasteiger partial charge is 0.421 e. The minimum absolute atomic E-state index is 0.0491. The predicted octanol–water partition coefficient (Wildman–Crippen LogP) is 3.71. The molecule has 1 aromatic carbocycles. The van der Waals surface area contributed by atoms with E-state index in [0.717, 1.165) is 43.1 Å². The zero-order chi connectivity index (χ0) is 24.8. The van der Waals surface area contributed by atoms with Gasteiger partial charge in [0.25, 0.3) is 10.0 Å². The summed E-state index contributed by atoms with van der Waals surface area (Å²) in [4.78, 5) is 3.88. The van der Waals surface area contributed by atoms with E-state index >= 15 is 0 Å². The number of alkyl halides is 3. The van der Waals surface area contributed by atoms with Gasteiger partial charge in [-0.15, -0.1) is 0 Å². The number of hydrogen-bond donors (Lipinski definition) is 1. The summed E-state index contributed by atoms with van der Waals surface area (Å²) in [6, 6.07) is 3.33. The lowest BCUT2D eigenvalue weighted by atomic mass is 10.1. The lowest BCUT2D eigenvalue weighted by Crippen LogP contribution is -2.14. The summed E-state index contributed by atoms with van der Waals surface area (Å²) in [7, 11) is -0.400. The molecule has 0 radical (unpaired) electrons. The Morgan fingerprint density at radius 2 is 1.79 bits per heavy atom. The molecule has 0 spiro atoms. The third kappa shape index (κ3) is 4.11.